The van der Waals surface area contributed by atoms with Crippen LogP contribution in [-0.2, 0) is 22.1 Å². The summed E-state index contributed by atoms with van der Waals surface area (Å²) in [5.74, 6) is -0.350. The number of rotatable bonds is 7. The minimum Gasteiger partial charge on any atom is -0.493 e. The molecule has 1 unspecified atom stereocenters. The van der Waals surface area contributed by atoms with Crippen molar-refractivity contribution in [1.29, 1.82) is 0 Å². The summed E-state index contributed by atoms with van der Waals surface area (Å²) in [6.45, 7) is 3.92. The molecule has 0 radical (unpaired) electrons. The standard InChI is InChI=1S/C18H24F3NO3.ClH/c1-2-24-17(23)8-6-13-5-7-16(15(10-13)18(19,20)21)25-12-14-4-3-9-22-11-14;/h5,7,10,14,22H,2-4,6,8-9,11-12H2,1H3;1H. The van der Waals surface area contributed by atoms with Gasteiger partial charge in [-0.1, -0.05) is 6.07 Å². The van der Waals surface area contributed by atoms with Crippen molar-refractivity contribution in [3.8, 4) is 5.75 Å². The number of alkyl halides is 3. The van der Waals surface area contributed by atoms with Gasteiger partial charge in [0, 0.05) is 18.9 Å². The Hall–Kier alpha value is -1.47. The highest BCUT2D eigenvalue weighted by molar-refractivity contribution is 5.85. The van der Waals surface area contributed by atoms with Gasteiger partial charge in [-0.25, -0.2) is 0 Å². The van der Waals surface area contributed by atoms with Crippen molar-refractivity contribution in [3.05, 3.63) is 29.3 Å². The number of nitrogens with one attached hydrogen (secondary N) is 1. The van der Waals surface area contributed by atoms with Gasteiger partial charge in [0.1, 0.15) is 5.75 Å². The van der Waals surface area contributed by atoms with Crippen LogP contribution in [0.2, 0.25) is 0 Å². The van der Waals surface area contributed by atoms with Gasteiger partial charge in [-0.05, 0) is 50.4 Å². The minimum absolute atomic E-state index is 0. The van der Waals surface area contributed by atoms with E-state index in [1.807, 2.05) is 0 Å². The summed E-state index contributed by atoms with van der Waals surface area (Å²) < 4.78 is 50.3. The molecule has 0 aromatic heterocycles. The summed E-state index contributed by atoms with van der Waals surface area (Å²) in [6, 6.07) is 3.98. The molecule has 1 atom stereocenters. The lowest BCUT2D eigenvalue weighted by molar-refractivity contribution is -0.143. The Labute approximate surface area is 157 Å². The Morgan fingerprint density at radius 2 is 2.12 bits per heavy atom. The molecule has 0 bridgehead atoms. The third-order valence-electron chi connectivity index (χ3n) is 4.15. The number of aryl methyl sites for hydroxylation is 1. The summed E-state index contributed by atoms with van der Waals surface area (Å²) in [6.07, 6.45) is -2.28. The first kappa shape index (κ1) is 22.6. The lowest BCUT2D eigenvalue weighted by atomic mass is 10.0. The fraction of sp³-hybridized carbons (Fsp3) is 0.611. The van der Waals surface area contributed by atoms with E-state index in [9.17, 15) is 18.0 Å². The average molecular weight is 396 g/mol. The second-order valence-corrected chi connectivity index (χ2v) is 6.16. The Balaban J connectivity index is 0.00000338. The van der Waals surface area contributed by atoms with Gasteiger partial charge in [0.2, 0.25) is 0 Å². The number of carbonyl (C=O) groups excluding carboxylic acids is 1. The molecule has 2 rings (SSSR count). The fourth-order valence-corrected chi connectivity index (χ4v) is 2.83. The summed E-state index contributed by atoms with van der Waals surface area (Å²) in [7, 11) is 0. The molecule has 1 aliphatic heterocycles. The van der Waals surface area contributed by atoms with E-state index in [1.54, 1.807) is 13.0 Å². The molecule has 1 fully saturated rings. The van der Waals surface area contributed by atoms with Crippen LogP contribution >= 0.6 is 12.4 Å². The van der Waals surface area contributed by atoms with E-state index < -0.39 is 17.7 Å². The summed E-state index contributed by atoms with van der Waals surface area (Å²) >= 11 is 0. The van der Waals surface area contributed by atoms with E-state index >= 15 is 0 Å². The van der Waals surface area contributed by atoms with Crippen molar-refractivity contribution in [1.82, 2.24) is 5.32 Å². The molecule has 1 aromatic carbocycles. The zero-order chi connectivity index (χ0) is 18.3. The molecule has 26 heavy (non-hydrogen) atoms. The maximum absolute atomic E-state index is 13.3. The molecule has 0 amide bonds. The van der Waals surface area contributed by atoms with Crippen LogP contribution in [-0.4, -0.2) is 32.3 Å². The first-order chi connectivity index (χ1) is 11.9. The number of carbonyl (C=O) groups is 1. The molecule has 1 saturated heterocycles. The zero-order valence-electron chi connectivity index (χ0n) is 14.7. The number of esters is 1. The van der Waals surface area contributed by atoms with Gasteiger partial charge < -0.3 is 14.8 Å². The average Bonchev–Trinajstić information content (AvgIpc) is 2.59. The number of halogens is 4. The molecule has 148 valence electrons. The van der Waals surface area contributed by atoms with Crippen molar-refractivity contribution in [2.24, 2.45) is 5.92 Å². The van der Waals surface area contributed by atoms with E-state index in [2.05, 4.69) is 5.32 Å². The first-order valence-corrected chi connectivity index (χ1v) is 8.59. The van der Waals surface area contributed by atoms with Crippen molar-refractivity contribution in [3.63, 3.8) is 0 Å². The van der Waals surface area contributed by atoms with E-state index in [1.165, 1.54) is 6.07 Å². The number of benzene rings is 1. The molecule has 1 heterocycles. The Bertz CT molecular complexity index is 575. The molecule has 0 saturated carbocycles. The Morgan fingerprint density at radius 3 is 2.73 bits per heavy atom. The molecule has 0 spiro atoms. The second kappa shape index (κ2) is 10.6. The molecule has 1 N–H and O–H groups in total. The van der Waals surface area contributed by atoms with E-state index in [4.69, 9.17) is 9.47 Å². The minimum atomic E-state index is -4.50. The lowest BCUT2D eigenvalue weighted by Crippen LogP contribution is -2.33. The highest BCUT2D eigenvalue weighted by atomic mass is 35.5. The van der Waals surface area contributed by atoms with E-state index in [-0.39, 0.29) is 50.1 Å². The molecular weight excluding hydrogens is 371 g/mol. The Morgan fingerprint density at radius 1 is 1.35 bits per heavy atom. The van der Waals surface area contributed by atoms with Gasteiger partial charge in [-0.3, -0.25) is 4.79 Å². The van der Waals surface area contributed by atoms with Crippen LogP contribution in [0, 0.1) is 5.92 Å². The smallest absolute Gasteiger partial charge is 0.419 e. The largest absolute Gasteiger partial charge is 0.493 e. The molecular formula is C18H25ClF3NO3. The highest BCUT2D eigenvalue weighted by Gasteiger charge is 2.35. The van der Waals surface area contributed by atoms with Crippen LogP contribution < -0.4 is 10.1 Å². The van der Waals surface area contributed by atoms with Crippen LogP contribution in [0.5, 0.6) is 5.75 Å². The van der Waals surface area contributed by atoms with Gasteiger partial charge in [-0.2, -0.15) is 13.2 Å². The van der Waals surface area contributed by atoms with Gasteiger partial charge >= 0.3 is 12.1 Å². The molecule has 8 heteroatoms. The summed E-state index contributed by atoms with van der Waals surface area (Å²) in [5, 5.41) is 3.22. The third kappa shape index (κ3) is 7.03. The maximum Gasteiger partial charge on any atom is 0.419 e. The van der Waals surface area contributed by atoms with Crippen molar-refractivity contribution in [2.45, 2.75) is 38.8 Å². The quantitative estimate of drug-likeness (QED) is 0.709. The number of piperidine rings is 1. The van der Waals surface area contributed by atoms with E-state index in [0.29, 0.717) is 5.56 Å². The van der Waals surface area contributed by atoms with Gasteiger partial charge in [0.25, 0.3) is 0 Å². The van der Waals surface area contributed by atoms with Crippen LogP contribution in [0.3, 0.4) is 0 Å². The van der Waals surface area contributed by atoms with Crippen LogP contribution in [0.1, 0.15) is 37.3 Å². The predicted octanol–water partition coefficient (Wildman–Crippen LogP) is 4.00. The summed E-state index contributed by atoms with van der Waals surface area (Å²) in [4.78, 5) is 11.4. The van der Waals surface area contributed by atoms with Crippen molar-refractivity contribution >= 4 is 18.4 Å². The zero-order valence-corrected chi connectivity index (χ0v) is 15.5. The van der Waals surface area contributed by atoms with Crippen LogP contribution in [0.25, 0.3) is 0 Å². The van der Waals surface area contributed by atoms with Crippen LogP contribution in [0.4, 0.5) is 13.2 Å². The Kier molecular flexibility index (Phi) is 9.22. The first-order valence-electron chi connectivity index (χ1n) is 8.59. The topological polar surface area (TPSA) is 47.6 Å². The third-order valence-corrected chi connectivity index (χ3v) is 4.15. The maximum atomic E-state index is 13.3. The van der Waals surface area contributed by atoms with Gasteiger partial charge in [0.15, 0.2) is 0 Å². The van der Waals surface area contributed by atoms with Crippen molar-refractivity contribution < 1.29 is 27.4 Å². The normalized spacial score (nSPS) is 17.3. The molecule has 1 aromatic rings. The van der Waals surface area contributed by atoms with Crippen molar-refractivity contribution in [2.75, 3.05) is 26.3 Å². The van der Waals surface area contributed by atoms with Crippen LogP contribution in [0.15, 0.2) is 18.2 Å². The predicted molar refractivity (Wildman–Crippen MR) is 94.7 cm³/mol. The summed E-state index contributed by atoms with van der Waals surface area (Å²) in [5.41, 5.74) is -0.357. The molecule has 1 aliphatic rings. The number of hydrogen-bond donors (Lipinski definition) is 1. The second-order valence-electron chi connectivity index (χ2n) is 6.16. The number of hydrogen-bond acceptors (Lipinski definition) is 4. The number of ether oxygens (including phenoxy) is 2. The lowest BCUT2D eigenvalue weighted by Gasteiger charge is -2.24. The monoisotopic (exact) mass is 395 g/mol. The highest BCUT2D eigenvalue weighted by Crippen LogP contribution is 2.37. The van der Waals surface area contributed by atoms with E-state index in [0.717, 1.165) is 32.0 Å². The SMILES string of the molecule is CCOC(=O)CCc1ccc(OCC2CCCNC2)c(C(F)(F)F)c1.Cl. The molecule has 4 nitrogen and oxygen atoms in total. The van der Waals surface area contributed by atoms with Gasteiger partial charge in [-0.15, -0.1) is 12.4 Å². The molecule has 0 aliphatic carbocycles. The van der Waals surface area contributed by atoms with Gasteiger partial charge in [0.05, 0.1) is 18.8 Å². The fourth-order valence-electron chi connectivity index (χ4n) is 2.83.